The highest BCUT2D eigenvalue weighted by molar-refractivity contribution is 6.02. The predicted octanol–water partition coefficient (Wildman–Crippen LogP) is 3.13. The van der Waals surface area contributed by atoms with E-state index in [1.54, 1.807) is 30.3 Å². The van der Waals surface area contributed by atoms with Crippen molar-refractivity contribution < 1.29 is 14.3 Å². The molecule has 0 aliphatic rings. The Labute approximate surface area is 123 Å². The van der Waals surface area contributed by atoms with Gasteiger partial charge in [0.1, 0.15) is 0 Å². The Bertz CT molecular complexity index is 645. The molecule has 0 unspecified atom stereocenters. The minimum absolute atomic E-state index is 0.232. The highest BCUT2D eigenvalue weighted by atomic mass is 16.5. The number of carbonyl (C=O) groups excluding carboxylic acids is 2. The maximum atomic E-state index is 11.8. The average molecular weight is 281 g/mol. The Morgan fingerprint density at radius 2 is 1.67 bits per heavy atom. The van der Waals surface area contributed by atoms with Crippen molar-refractivity contribution in [2.24, 2.45) is 0 Å². The van der Waals surface area contributed by atoms with Gasteiger partial charge in [-0.25, -0.2) is 4.79 Å². The van der Waals surface area contributed by atoms with Gasteiger partial charge in [-0.15, -0.1) is 0 Å². The zero-order valence-corrected chi connectivity index (χ0v) is 11.6. The first-order chi connectivity index (χ1) is 10.2. The highest BCUT2D eigenvalue weighted by Crippen LogP contribution is 2.10. The summed E-state index contributed by atoms with van der Waals surface area (Å²) >= 11 is 0. The summed E-state index contributed by atoms with van der Waals surface area (Å²) in [5.74, 6) is -0.637. The van der Waals surface area contributed by atoms with E-state index in [0.29, 0.717) is 11.3 Å². The Morgan fingerprint density at radius 1 is 1.00 bits per heavy atom. The number of hydrogen-bond acceptors (Lipinski definition) is 3. The summed E-state index contributed by atoms with van der Waals surface area (Å²) in [6.45, 7) is 0. The molecule has 0 bridgehead atoms. The Morgan fingerprint density at radius 3 is 2.29 bits per heavy atom. The molecule has 2 rings (SSSR count). The van der Waals surface area contributed by atoms with Gasteiger partial charge in [0.25, 0.3) is 0 Å². The highest BCUT2D eigenvalue weighted by Gasteiger charge is 2.04. The summed E-state index contributed by atoms with van der Waals surface area (Å²) in [6.07, 6.45) is 3.20. The molecule has 21 heavy (non-hydrogen) atoms. The summed E-state index contributed by atoms with van der Waals surface area (Å²) in [4.78, 5) is 23.1. The second-order valence-corrected chi connectivity index (χ2v) is 4.30. The maximum absolute atomic E-state index is 11.8. The van der Waals surface area contributed by atoms with E-state index in [-0.39, 0.29) is 5.91 Å². The molecular formula is C17H15NO3. The number of esters is 1. The predicted molar refractivity (Wildman–Crippen MR) is 81.9 cm³/mol. The van der Waals surface area contributed by atoms with Crippen LogP contribution < -0.4 is 5.32 Å². The minimum Gasteiger partial charge on any atom is -0.465 e. The first kappa shape index (κ1) is 14.5. The first-order valence-corrected chi connectivity index (χ1v) is 6.41. The van der Waals surface area contributed by atoms with Crippen LogP contribution in [0.25, 0.3) is 6.08 Å². The molecular weight excluding hydrogens is 266 g/mol. The number of nitrogens with one attached hydrogen (secondary N) is 1. The second-order valence-electron chi connectivity index (χ2n) is 4.30. The second kappa shape index (κ2) is 7.05. The monoisotopic (exact) mass is 281 g/mol. The SMILES string of the molecule is COC(=O)c1ccc(NC(=O)C=Cc2ccccc2)cc1. The summed E-state index contributed by atoms with van der Waals surface area (Å²) in [5, 5.41) is 2.72. The van der Waals surface area contributed by atoms with Crippen molar-refractivity contribution in [3.05, 3.63) is 71.8 Å². The molecule has 0 heterocycles. The number of ether oxygens (including phenoxy) is 1. The van der Waals surface area contributed by atoms with Gasteiger partial charge in [0.2, 0.25) is 5.91 Å². The van der Waals surface area contributed by atoms with E-state index in [2.05, 4.69) is 10.1 Å². The molecule has 1 N–H and O–H groups in total. The Kier molecular flexibility index (Phi) is 4.88. The topological polar surface area (TPSA) is 55.4 Å². The third-order valence-electron chi connectivity index (χ3n) is 2.80. The summed E-state index contributed by atoms with van der Waals surface area (Å²) in [6, 6.07) is 16.1. The molecule has 0 atom stereocenters. The lowest BCUT2D eigenvalue weighted by molar-refractivity contribution is -0.111. The van der Waals surface area contributed by atoms with Gasteiger partial charge < -0.3 is 10.1 Å². The molecule has 4 heteroatoms. The molecule has 0 aromatic heterocycles. The molecule has 2 aromatic rings. The van der Waals surface area contributed by atoms with Gasteiger partial charge in [-0.05, 0) is 35.9 Å². The van der Waals surface area contributed by atoms with Crippen LogP contribution in [0.5, 0.6) is 0 Å². The molecule has 4 nitrogen and oxygen atoms in total. The van der Waals surface area contributed by atoms with Gasteiger partial charge in [0.15, 0.2) is 0 Å². The third-order valence-corrected chi connectivity index (χ3v) is 2.80. The van der Waals surface area contributed by atoms with E-state index in [1.165, 1.54) is 13.2 Å². The first-order valence-electron chi connectivity index (χ1n) is 6.41. The minimum atomic E-state index is -0.406. The van der Waals surface area contributed by atoms with Gasteiger partial charge in [-0.2, -0.15) is 0 Å². The lowest BCUT2D eigenvalue weighted by Crippen LogP contribution is -2.08. The number of rotatable bonds is 4. The molecule has 0 aliphatic heterocycles. The van der Waals surface area contributed by atoms with Crippen LogP contribution in [-0.2, 0) is 9.53 Å². The van der Waals surface area contributed by atoms with Crippen molar-refractivity contribution in [2.45, 2.75) is 0 Å². The fraction of sp³-hybridized carbons (Fsp3) is 0.0588. The summed E-state index contributed by atoms with van der Waals surface area (Å²) in [5.41, 5.74) is 2.01. The van der Waals surface area contributed by atoms with Crippen LogP contribution in [-0.4, -0.2) is 19.0 Å². The van der Waals surface area contributed by atoms with Gasteiger partial charge >= 0.3 is 5.97 Å². The van der Waals surface area contributed by atoms with E-state index in [9.17, 15) is 9.59 Å². The van der Waals surface area contributed by atoms with E-state index >= 15 is 0 Å². The van der Waals surface area contributed by atoms with Gasteiger partial charge in [-0.3, -0.25) is 4.79 Å². The van der Waals surface area contributed by atoms with Crippen molar-refractivity contribution in [2.75, 3.05) is 12.4 Å². The molecule has 1 amide bonds. The maximum Gasteiger partial charge on any atom is 0.337 e. The zero-order chi connectivity index (χ0) is 15.1. The average Bonchev–Trinajstić information content (AvgIpc) is 2.54. The number of methoxy groups -OCH3 is 1. The third kappa shape index (κ3) is 4.31. The van der Waals surface area contributed by atoms with Crippen molar-refractivity contribution >= 4 is 23.6 Å². The van der Waals surface area contributed by atoms with Crippen molar-refractivity contribution in [3.63, 3.8) is 0 Å². The lowest BCUT2D eigenvalue weighted by atomic mass is 10.2. The fourth-order valence-corrected chi connectivity index (χ4v) is 1.73. The van der Waals surface area contributed by atoms with Crippen LogP contribution in [0.1, 0.15) is 15.9 Å². The molecule has 0 saturated heterocycles. The van der Waals surface area contributed by atoms with Crippen LogP contribution in [0.4, 0.5) is 5.69 Å². The van der Waals surface area contributed by atoms with E-state index < -0.39 is 5.97 Å². The number of amides is 1. The molecule has 0 fully saturated rings. The Balaban J connectivity index is 1.97. The number of anilines is 1. The van der Waals surface area contributed by atoms with Crippen LogP contribution in [0, 0.1) is 0 Å². The zero-order valence-electron chi connectivity index (χ0n) is 11.6. The van der Waals surface area contributed by atoms with Crippen molar-refractivity contribution in [1.82, 2.24) is 0 Å². The van der Waals surface area contributed by atoms with Gasteiger partial charge in [0.05, 0.1) is 12.7 Å². The molecule has 2 aromatic carbocycles. The van der Waals surface area contributed by atoms with Crippen LogP contribution in [0.3, 0.4) is 0 Å². The smallest absolute Gasteiger partial charge is 0.337 e. The molecule has 0 spiro atoms. The van der Waals surface area contributed by atoms with E-state index in [0.717, 1.165) is 5.56 Å². The number of carbonyl (C=O) groups is 2. The fourth-order valence-electron chi connectivity index (χ4n) is 1.73. The van der Waals surface area contributed by atoms with Crippen LogP contribution in [0.2, 0.25) is 0 Å². The molecule has 0 saturated carbocycles. The van der Waals surface area contributed by atoms with E-state index in [1.807, 2.05) is 30.3 Å². The molecule has 0 radical (unpaired) electrons. The number of hydrogen-bond donors (Lipinski definition) is 1. The quantitative estimate of drug-likeness (QED) is 0.692. The van der Waals surface area contributed by atoms with Crippen LogP contribution >= 0.6 is 0 Å². The van der Waals surface area contributed by atoms with Gasteiger partial charge in [0, 0.05) is 11.8 Å². The molecule has 0 aliphatic carbocycles. The lowest BCUT2D eigenvalue weighted by Gasteiger charge is -2.03. The van der Waals surface area contributed by atoms with Crippen LogP contribution in [0.15, 0.2) is 60.7 Å². The number of benzene rings is 2. The van der Waals surface area contributed by atoms with Crippen molar-refractivity contribution in [1.29, 1.82) is 0 Å². The van der Waals surface area contributed by atoms with Crippen molar-refractivity contribution in [3.8, 4) is 0 Å². The summed E-state index contributed by atoms with van der Waals surface area (Å²) in [7, 11) is 1.33. The van der Waals surface area contributed by atoms with E-state index in [4.69, 9.17) is 0 Å². The normalized spacial score (nSPS) is 10.3. The Hall–Kier alpha value is -2.88. The molecule has 106 valence electrons. The largest absolute Gasteiger partial charge is 0.465 e. The summed E-state index contributed by atoms with van der Waals surface area (Å²) < 4.78 is 4.61. The standard InChI is InChI=1S/C17H15NO3/c1-21-17(20)14-8-10-15(11-9-14)18-16(19)12-7-13-5-3-2-4-6-13/h2-12H,1H3,(H,18,19). The van der Waals surface area contributed by atoms with Gasteiger partial charge in [-0.1, -0.05) is 30.3 Å².